The molecule has 1 N–H and O–H groups in total. The van der Waals surface area contributed by atoms with Crippen molar-refractivity contribution in [2.45, 2.75) is 0 Å². The molecule has 0 aliphatic carbocycles. The first-order valence-corrected chi connectivity index (χ1v) is 4.40. The highest BCUT2D eigenvalue weighted by Gasteiger charge is 2.05. The Balaban J connectivity index is 2.12. The zero-order valence-electron chi connectivity index (χ0n) is 7.84. The molecule has 2 aromatic heterocycles. The van der Waals surface area contributed by atoms with E-state index >= 15 is 0 Å². The van der Waals surface area contributed by atoms with Crippen molar-refractivity contribution in [2.24, 2.45) is 0 Å². The molecule has 0 saturated heterocycles. The lowest BCUT2D eigenvalue weighted by atomic mass is 10.3. The maximum Gasteiger partial charge on any atom is 0.258 e. The Morgan fingerprint density at radius 2 is 2.33 bits per heavy atom. The monoisotopic (exact) mass is 198 g/mol. The first kappa shape index (κ1) is 9.33. The Bertz CT molecular complexity index is 442. The van der Waals surface area contributed by atoms with Crippen LogP contribution in [-0.4, -0.2) is 15.9 Å². The summed E-state index contributed by atoms with van der Waals surface area (Å²) in [5, 5.41) is 2.65. The van der Waals surface area contributed by atoms with Crippen molar-refractivity contribution in [3.05, 3.63) is 54.5 Å². The minimum atomic E-state index is -0.238. The predicted molar refractivity (Wildman–Crippen MR) is 55.3 cm³/mol. The molecule has 15 heavy (non-hydrogen) atoms. The number of carbonyl (C=O) groups excluding carboxylic acids is 1. The highest BCUT2D eigenvalue weighted by Crippen LogP contribution is 2.03. The van der Waals surface area contributed by atoms with E-state index in [-0.39, 0.29) is 5.91 Å². The SMILES string of the molecule is O=C(Nc1ccccn1)c1c[c]cnc1. The molecule has 73 valence electrons. The molecule has 4 heteroatoms. The van der Waals surface area contributed by atoms with E-state index < -0.39 is 0 Å². The third kappa shape index (κ3) is 2.37. The third-order valence-corrected chi connectivity index (χ3v) is 1.77. The summed E-state index contributed by atoms with van der Waals surface area (Å²) in [4.78, 5) is 19.4. The molecule has 0 atom stereocenters. The van der Waals surface area contributed by atoms with Crippen molar-refractivity contribution >= 4 is 11.7 Å². The number of hydrogen-bond acceptors (Lipinski definition) is 3. The summed E-state index contributed by atoms with van der Waals surface area (Å²) in [6, 6.07) is 9.62. The summed E-state index contributed by atoms with van der Waals surface area (Å²) in [6.07, 6.45) is 4.59. The molecule has 0 aliphatic rings. The summed E-state index contributed by atoms with van der Waals surface area (Å²) in [5.41, 5.74) is 0.461. The zero-order chi connectivity index (χ0) is 10.5. The average Bonchev–Trinajstić information content (AvgIpc) is 2.31. The van der Waals surface area contributed by atoms with Crippen molar-refractivity contribution in [1.82, 2.24) is 9.97 Å². The number of carbonyl (C=O) groups is 1. The molecule has 2 aromatic rings. The maximum atomic E-state index is 11.6. The Morgan fingerprint density at radius 3 is 3.00 bits per heavy atom. The van der Waals surface area contributed by atoms with Crippen molar-refractivity contribution in [3.8, 4) is 0 Å². The van der Waals surface area contributed by atoms with Crippen LogP contribution in [0.15, 0.2) is 42.9 Å². The lowest BCUT2D eigenvalue weighted by molar-refractivity contribution is 0.102. The second-order valence-electron chi connectivity index (χ2n) is 2.84. The van der Waals surface area contributed by atoms with Gasteiger partial charge in [0.2, 0.25) is 0 Å². The highest BCUT2D eigenvalue weighted by atomic mass is 16.1. The van der Waals surface area contributed by atoms with Gasteiger partial charge in [-0.25, -0.2) is 4.98 Å². The number of aromatic nitrogens is 2. The summed E-state index contributed by atoms with van der Waals surface area (Å²) < 4.78 is 0. The summed E-state index contributed by atoms with van der Waals surface area (Å²) in [7, 11) is 0. The lowest BCUT2D eigenvalue weighted by Crippen LogP contribution is -2.12. The Morgan fingerprint density at radius 1 is 1.40 bits per heavy atom. The van der Waals surface area contributed by atoms with Gasteiger partial charge in [0.15, 0.2) is 0 Å². The molecular formula is C11H8N3O. The van der Waals surface area contributed by atoms with Crippen LogP contribution >= 0.6 is 0 Å². The van der Waals surface area contributed by atoms with Gasteiger partial charge in [0.25, 0.3) is 5.91 Å². The largest absolute Gasteiger partial charge is 0.307 e. The summed E-state index contributed by atoms with van der Waals surface area (Å²) in [5.74, 6) is 0.282. The molecule has 0 aliphatic heterocycles. The smallest absolute Gasteiger partial charge is 0.258 e. The van der Waals surface area contributed by atoms with E-state index in [2.05, 4.69) is 21.4 Å². The molecule has 1 amide bonds. The average molecular weight is 198 g/mol. The standard InChI is InChI=1S/C11H8N3O/c15-11(9-4-3-6-12-8-9)14-10-5-1-2-7-13-10/h1-2,4-8H,(H,13,14,15). The summed E-state index contributed by atoms with van der Waals surface area (Å²) in [6.45, 7) is 0. The number of hydrogen-bond donors (Lipinski definition) is 1. The fourth-order valence-corrected chi connectivity index (χ4v) is 1.07. The van der Waals surface area contributed by atoms with Gasteiger partial charge in [-0.15, -0.1) is 0 Å². The van der Waals surface area contributed by atoms with Crippen LogP contribution in [-0.2, 0) is 0 Å². The van der Waals surface area contributed by atoms with Crippen LogP contribution in [0, 0.1) is 6.07 Å². The number of anilines is 1. The number of nitrogens with one attached hydrogen (secondary N) is 1. The molecule has 0 fully saturated rings. The van der Waals surface area contributed by atoms with Crippen molar-refractivity contribution < 1.29 is 4.79 Å². The van der Waals surface area contributed by atoms with Crippen LogP contribution in [0.2, 0.25) is 0 Å². The van der Waals surface area contributed by atoms with Crippen LogP contribution in [0.1, 0.15) is 10.4 Å². The van der Waals surface area contributed by atoms with Gasteiger partial charge < -0.3 is 5.32 Å². The molecule has 0 unspecified atom stereocenters. The molecule has 0 aromatic carbocycles. The Kier molecular flexibility index (Phi) is 2.69. The van der Waals surface area contributed by atoms with Crippen molar-refractivity contribution in [1.29, 1.82) is 0 Å². The highest BCUT2D eigenvalue weighted by molar-refractivity contribution is 6.03. The van der Waals surface area contributed by atoms with Gasteiger partial charge in [0.1, 0.15) is 5.82 Å². The molecule has 0 saturated carbocycles. The fraction of sp³-hybridized carbons (Fsp3) is 0. The van der Waals surface area contributed by atoms with E-state index in [1.54, 1.807) is 30.5 Å². The van der Waals surface area contributed by atoms with Gasteiger partial charge in [0, 0.05) is 24.7 Å². The number of rotatable bonds is 2. The molecule has 2 rings (SSSR count). The second kappa shape index (κ2) is 4.32. The van der Waals surface area contributed by atoms with E-state index in [1.807, 2.05) is 0 Å². The summed E-state index contributed by atoms with van der Waals surface area (Å²) >= 11 is 0. The number of nitrogens with zero attached hydrogens (tertiary/aromatic N) is 2. The van der Waals surface area contributed by atoms with Crippen LogP contribution in [0.3, 0.4) is 0 Å². The molecular weight excluding hydrogens is 190 g/mol. The van der Waals surface area contributed by atoms with Gasteiger partial charge in [-0.2, -0.15) is 0 Å². The molecule has 0 bridgehead atoms. The molecule has 2 heterocycles. The van der Waals surface area contributed by atoms with Gasteiger partial charge in [-0.3, -0.25) is 9.78 Å². The molecule has 4 nitrogen and oxygen atoms in total. The van der Waals surface area contributed by atoms with E-state index in [0.29, 0.717) is 11.4 Å². The van der Waals surface area contributed by atoms with E-state index in [4.69, 9.17) is 0 Å². The topological polar surface area (TPSA) is 54.9 Å². The predicted octanol–water partition coefficient (Wildman–Crippen LogP) is 1.53. The van der Waals surface area contributed by atoms with Crippen molar-refractivity contribution in [3.63, 3.8) is 0 Å². The molecule has 1 radical (unpaired) electrons. The minimum Gasteiger partial charge on any atom is -0.307 e. The van der Waals surface area contributed by atoms with Crippen LogP contribution < -0.4 is 5.32 Å². The second-order valence-corrected chi connectivity index (χ2v) is 2.84. The fourth-order valence-electron chi connectivity index (χ4n) is 1.07. The van der Waals surface area contributed by atoms with Gasteiger partial charge in [-0.1, -0.05) is 6.07 Å². The van der Waals surface area contributed by atoms with Crippen LogP contribution in [0.4, 0.5) is 5.82 Å². The quantitative estimate of drug-likeness (QED) is 0.796. The Hall–Kier alpha value is -2.23. The van der Waals surface area contributed by atoms with Gasteiger partial charge >= 0.3 is 0 Å². The first-order valence-electron chi connectivity index (χ1n) is 4.40. The third-order valence-electron chi connectivity index (χ3n) is 1.77. The van der Waals surface area contributed by atoms with Gasteiger partial charge in [-0.05, 0) is 18.2 Å². The van der Waals surface area contributed by atoms with Crippen LogP contribution in [0.5, 0.6) is 0 Å². The van der Waals surface area contributed by atoms with E-state index in [9.17, 15) is 4.79 Å². The Labute approximate surface area is 87.0 Å². The normalized spacial score (nSPS) is 9.60. The van der Waals surface area contributed by atoms with E-state index in [1.165, 1.54) is 12.4 Å². The van der Waals surface area contributed by atoms with Crippen molar-refractivity contribution in [2.75, 3.05) is 5.32 Å². The first-order chi connectivity index (χ1) is 7.36. The minimum absolute atomic E-state index is 0.238. The number of pyridine rings is 2. The van der Waals surface area contributed by atoms with Crippen LogP contribution in [0.25, 0.3) is 0 Å². The van der Waals surface area contributed by atoms with E-state index in [0.717, 1.165) is 0 Å². The lowest BCUT2D eigenvalue weighted by Gasteiger charge is -2.02. The zero-order valence-corrected chi connectivity index (χ0v) is 7.84. The number of amides is 1. The molecule has 0 spiro atoms. The maximum absolute atomic E-state index is 11.6. The van der Waals surface area contributed by atoms with Gasteiger partial charge in [0.05, 0.1) is 5.56 Å².